The first kappa shape index (κ1) is 24.4. The van der Waals surface area contributed by atoms with Gasteiger partial charge in [-0.2, -0.15) is 0 Å². The molecule has 0 saturated carbocycles. The van der Waals surface area contributed by atoms with E-state index >= 15 is 0 Å². The highest BCUT2D eigenvalue weighted by atomic mass is 16.5. The molecule has 1 fully saturated rings. The van der Waals surface area contributed by atoms with Gasteiger partial charge in [0.25, 0.3) is 0 Å². The van der Waals surface area contributed by atoms with Crippen LogP contribution in [0, 0.1) is 5.92 Å². The van der Waals surface area contributed by atoms with Crippen molar-refractivity contribution in [2.24, 2.45) is 10.9 Å². The lowest BCUT2D eigenvalue weighted by Crippen LogP contribution is -2.65. The summed E-state index contributed by atoms with van der Waals surface area (Å²) < 4.78 is 6.28. The number of hydrogen-bond donors (Lipinski definition) is 3. The number of aliphatic hydroxyl groups is 1. The van der Waals surface area contributed by atoms with Gasteiger partial charge in [-0.15, -0.1) is 0 Å². The van der Waals surface area contributed by atoms with Crippen LogP contribution in [0.4, 0.5) is 5.69 Å². The number of piperidine rings is 1. The Morgan fingerprint density at radius 1 is 1.03 bits per heavy atom. The summed E-state index contributed by atoms with van der Waals surface area (Å²) in [6.45, 7) is 2.70. The fourth-order valence-electron chi connectivity index (χ4n) is 7.51. The molecule has 4 aliphatic rings. The van der Waals surface area contributed by atoms with E-state index in [0.29, 0.717) is 11.8 Å². The van der Waals surface area contributed by atoms with Crippen molar-refractivity contribution in [1.29, 1.82) is 0 Å². The Hall–Kier alpha value is -3.61. The summed E-state index contributed by atoms with van der Waals surface area (Å²) in [7, 11) is 0. The van der Waals surface area contributed by atoms with E-state index in [4.69, 9.17) is 9.73 Å². The number of aromatic hydroxyl groups is 1. The number of benzene rings is 3. The fraction of sp³-hybridized carbons (Fsp3) is 0.364. The molecule has 0 aromatic heterocycles. The van der Waals surface area contributed by atoms with Crippen molar-refractivity contribution in [3.05, 3.63) is 102 Å². The second-order valence-electron chi connectivity index (χ2n) is 11.3. The van der Waals surface area contributed by atoms with Gasteiger partial charge in [0.15, 0.2) is 11.5 Å². The molecule has 39 heavy (non-hydrogen) atoms. The van der Waals surface area contributed by atoms with Gasteiger partial charge in [0.2, 0.25) is 0 Å². The van der Waals surface area contributed by atoms with E-state index in [-0.39, 0.29) is 23.2 Å². The lowest BCUT2D eigenvalue weighted by molar-refractivity contribution is -0.0516. The molecule has 0 amide bonds. The molecular weight excluding hydrogens is 486 g/mol. The SMILES string of the molecule is Oc1ccc2c3c1O[C@H]1[C@@H](O)C=CC4[C@@H](C2)N(CCCN=C(Cc2ccccc2)Nc2ccccc2)CCC341. The number of rotatable bonds is 7. The molecule has 6 nitrogen and oxygen atoms in total. The van der Waals surface area contributed by atoms with Gasteiger partial charge >= 0.3 is 0 Å². The van der Waals surface area contributed by atoms with Crippen LogP contribution in [0.5, 0.6) is 11.5 Å². The van der Waals surface area contributed by atoms with Gasteiger partial charge in [0.1, 0.15) is 18.0 Å². The van der Waals surface area contributed by atoms with Crippen LogP contribution in [0.15, 0.2) is 89.9 Å². The van der Waals surface area contributed by atoms with Crippen molar-refractivity contribution in [2.75, 3.05) is 25.0 Å². The third-order valence-electron chi connectivity index (χ3n) is 9.17. The number of likely N-dealkylation sites (tertiary alicyclic amines) is 1. The molecule has 0 radical (unpaired) electrons. The number of amidine groups is 1. The second-order valence-corrected chi connectivity index (χ2v) is 11.3. The van der Waals surface area contributed by atoms with Crippen LogP contribution in [-0.2, 0) is 18.3 Å². The van der Waals surface area contributed by atoms with Crippen LogP contribution in [0.25, 0.3) is 0 Å². The number of nitrogens with one attached hydrogen (secondary N) is 1. The van der Waals surface area contributed by atoms with Crippen molar-refractivity contribution in [3.8, 4) is 11.5 Å². The number of ether oxygens (including phenoxy) is 1. The van der Waals surface area contributed by atoms with E-state index in [0.717, 1.165) is 62.4 Å². The van der Waals surface area contributed by atoms with Crippen LogP contribution in [0.1, 0.15) is 29.5 Å². The number of phenols is 1. The third kappa shape index (κ3) is 4.14. The molecule has 200 valence electrons. The minimum atomic E-state index is -0.652. The summed E-state index contributed by atoms with van der Waals surface area (Å²) in [6.07, 6.45) is 6.76. The van der Waals surface area contributed by atoms with E-state index in [1.165, 1.54) is 11.1 Å². The van der Waals surface area contributed by atoms with E-state index < -0.39 is 6.10 Å². The van der Waals surface area contributed by atoms with Gasteiger partial charge < -0.3 is 20.3 Å². The molecule has 3 N–H and O–H groups in total. The highest BCUT2D eigenvalue weighted by Gasteiger charge is 2.64. The van der Waals surface area contributed by atoms with Crippen molar-refractivity contribution in [3.63, 3.8) is 0 Å². The summed E-state index contributed by atoms with van der Waals surface area (Å²) in [5.41, 5.74) is 4.46. The molecule has 2 heterocycles. The highest BCUT2D eigenvalue weighted by Crippen LogP contribution is 2.62. The van der Waals surface area contributed by atoms with Crippen molar-refractivity contribution in [1.82, 2.24) is 4.90 Å². The third-order valence-corrected chi connectivity index (χ3v) is 9.17. The number of hydrogen-bond acceptors (Lipinski definition) is 5. The maximum atomic E-state index is 10.9. The zero-order chi connectivity index (χ0) is 26.4. The largest absolute Gasteiger partial charge is 0.504 e. The molecule has 2 unspecified atom stereocenters. The Labute approximate surface area is 229 Å². The molecule has 2 bridgehead atoms. The summed E-state index contributed by atoms with van der Waals surface area (Å²) in [5, 5.41) is 25.0. The maximum Gasteiger partial charge on any atom is 0.165 e. The standard InChI is InChI=1S/C33H35N3O3/c37-27-14-12-23-21-26-25-13-15-28(38)32-33(25,30(23)31(27)39-32)16-19-36(26)18-7-17-34-29(20-22-8-3-1-4-9-22)35-24-10-5-2-6-11-24/h1-6,8-15,25-26,28,32,37-38H,7,16-21H2,(H,34,35)/t25?,26-,28+,32+,33?/m1/s1. The minimum absolute atomic E-state index is 0.192. The monoisotopic (exact) mass is 521 g/mol. The molecule has 1 spiro atoms. The molecular formula is C33H35N3O3. The van der Waals surface area contributed by atoms with E-state index in [9.17, 15) is 10.2 Å². The summed E-state index contributed by atoms with van der Waals surface area (Å²) >= 11 is 0. The summed E-state index contributed by atoms with van der Waals surface area (Å²) in [6, 6.07) is 24.9. The number of phenolic OH excluding ortho intramolecular Hbond substituents is 1. The predicted octanol–water partition coefficient (Wildman–Crippen LogP) is 4.71. The number of para-hydroxylation sites is 1. The fourth-order valence-corrected chi connectivity index (χ4v) is 7.51. The van der Waals surface area contributed by atoms with Crippen LogP contribution in [-0.4, -0.2) is 58.8 Å². The zero-order valence-corrected chi connectivity index (χ0v) is 22.0. The average molecular weight is 522 g/mol. The second kappa shape index (κ2) is 9.85. The smallest absolute Gasteiger partial charge is 0.165 e. The van der Waals surface area contributed by atoms with E-state index in [1.807, 2.05) is 30.3 Å². The quantitative estimate of drug-likeness (QED) is 0.182. The van der Waals surface area contributed by atoms with E-state index in [1.54, 1.807) is 6.07 Å². The van der Waals surface area contributed by atoms with E-state index in [2.05, 4.69) is 58.8 Å². The zero-order valence-electron chi connectivity index (χ0n) is 22.0. The topological polar surface area (TPSA) is 77.3 Å². The van der Waals surface area contributed by atoms with Gasteiger partial charge in [-0.1, -0.05) is 66.7 Å². The lowest BCUT2D eigenvalue weighted by Gasteiger charge is -2.57. The van der Waals surface area contributed by atoms with Gasteiger partial charge in [-0.3, -0.25) is 9.89 Å². The van der Waals surface area contributed by atoms with Crippen molar-refractivity contribution in [2.45, 2.75) is 49.3 Å². The predicted molar refractivity (Wildman–Crippen MR) is 154 cm³/mol. The highest BCUT2D eigenvalue weighted by molar-refractivity contribution is 5.96. The molecule has 2 aliphatic carbocycles. The number of anilines is 1. The lowest BCUT2D eigenvalue weighted by atomic mass is 9.53. The Balaban J connectivity index is 1.08. The van der Waals surface area contributed by atoms with Crippen LogP contribution in [0.2, 0.25) is 0 Å². The van der Waals surface area contributed by atoms with Crippen LogP contribution < -0.4 is 10.1 Å². The maximum absolute atomic E-state index is 10.9. The molecule has 6 heteroatoms. The Bertz CT molecular complexity index is 1360. The first-order chi connectivity index (χ1) is 19.1. The molecule has 3 aromatic carbocycles. The molecule has 7 rings (SSSR count). The number of aliphatic imine (C=N–C) groups is 1. The van der Waals surface area contributed by atoms with Gasteiger partial charge in [-0.25, -0.2) is 0 Å². The first-order valence-electron chi connectivity index (χ1n) is 14.2. The molecule has 3 aromatic rings. The average Bonchev–Trinajstić information content (AvgIpc) is 3.31. The molecule has 2 aliphatic heterocycles. The molecule has 5 atom stereocenters. The van der Waals surface area contributed by atoms with Gasteiger partial charge in [0.05, 0.1) is 0 Å². The van der Waals surface area contributed by atoms with Gasteiger partial charge in [-0.05, 0) is 55.1 Å². The van der Waals surface area contributed by atoms with Gasteiger partial charge in [0, 0.05) is 48.1 Å². The summed E-state index contributed by atoms with van der Waals surface area (Å²) in [5.74, 6) is 2.05. The molecule has 1 saturated heterocycles. The number of aliphatic hydroxyl groups excluding tert-OH is 1. The minimum Gasteiger partial charge on any atom is -0.504 e. The van der Waals surface area contributed by atoms with Crippen LogP contribution in [0.3, 0.4) is 0 Å². The Morgan fingerprint density at radius 3 is 2.64 bits per heavy atom. The number of nitrogens with zero attached hydrogens (tertiary/aromatic N) is 2. The van der Waals surface area contributed by atoms with Crippen molar-refractivity contribution >= 4 is 11.5 Å². The van der Waals surface area contributed by atoms with Crippen LogP contribution >= 0.6 is 0 Å². The first-order valence-corrected chi connectivity index (χ1v) is 14.2. The summed E-state index contributed by atoms with van der Waals surface area (Å²) in [4.78, 5) is 7.64. The van der Waals surface area contributed by atoms with Crippen molar-refractivity contribution < 1.29 is 14.9 Å². The Morgan fingerprint density at radius 2 is 1.82 bits per heavy atom. The Kier molecular flexibility index (Phi) is 6.17. The normalized spacial score (nSPS) is 28.6.